The first-order valence-electron chi connectivity index (χ1n) is 10.1. The highest BCUT2D eigenvalue weighted by molar-refractivity contribution is 5.73. The fraction of sp³-hybridized carbons (Fsp3) is 0.174. The molecule has 1 aromatic heterocycles. The molecule has 2 aromatic carbocycles. The average Bonchev–Trinajstić information content (AvgIpc) is 3.25. The van der Waals surface area contributed by atoms with Crippen LogP contribution in [0.5, 0.6) is 0 Å². The zero-order valence-electron chi connectivity index (χ0n) is 18.1. The zero-order chi connectivity index (χ0) is 25.3. The number of rotatable bonds is 5. The molecule has 35 heavy (non-hydrogen) atoms. The van der Waals surface area contributed by atoms with Crippen LogP contribution in [0.3, 0.4) is 0 Å². The summed E-state index contributed by atoms with van der Waals surface area (Å²) in [5, 5.41) is 35.0. The second kappa shape index (κ2) is 8.83. The molecule has 0 bridgehead atoms. The van der Waals surface area contributed by atoms with Crippen molar-refractivity contribution in [3.8, 4) is 12.1 Å². The van der Waals surface area contributed by atoms with Gasteiger partial charge < -0.3 is 10.4 Å². The molecule has 0 amide bonds. The number of hydrogen-bond donors (Lipinski definition) is 2. The minimum atomic E-state index is -4.59. The van der Waals surface area contributed by atoms with E-state index in [0.717, 1.165) is 12.1 Å². The summed E-state index contributed by atoms with van der Waals surface area (Å²) < 4.78 is 41.5. The quantitative estimate of drug-likeness (QED) is 0.557. The van der Waals surface area contributed by atoms with Crippen molar-refractivity contribution in [2.45, 2.75) is 19.1 Å². The lowest BCUT2D eigenvalue weighted by Crippen LogP contribution is -2.31. The number of benzene rings is 2. The molecule has 3 aromatic rings. The van der Waals surface area contributed by atoms with Gasteiger partial charge in [0.25, 0.3) is 0 Å². The second-order valence-corrected chi connectivity index (χ2v) is 7.56. The molecule has 1 aliphatic rings. The second-order valence-electron chi connectivity index (χ2n) is 7.56. The van der Waals surface area contributed by atoms with Crippen LogP contribution in [-0.4, -0.2) is 32.4 Å². The number of allylic oxidation sites excluding steroid dienone is 2. The number of halogens is 3. The van der Waals surface area contributed by atoms with E-state index in [4.69, 9.17) is 10.4 Å². The average molecular weight is 479 g/mol. The standard InChI is InChI=1S/C23H16F3N7O2/c1-13-18(11-28)20(15-7-5-14(10-27)6-8-15)33-22(30-21(31-33)29-12-19(34)35)32(13)17-4-2-3-16(9-17)23(24,25)26/h2-9,20H,12H2,1H3,(H,29,31)(H,34,35)/t20-/m1/s1. The van der Waals surface area contributed by atoms with Crippen LogP contribution >= 0.6 is 0 Å². The van der Waals surface area contributed by atoms with Gasteiger partial charge in [0.05, 0.1) is 28.8 Å². The van der Waals surface area contributed by atoms with E-state index in [-0.39, 0.29) is 23.2 Å². The molecule has 1 aliphatic heterocycles. The van der Waals surface area contributed by atoms with Gasteiger partial charge in [-0.25, -0.2) is 4.68 Å². The number of aromatic nitrogens is 3. The first-order valence-corrected chi connectivity index (χ1v) is 10.1. The van der Waals surface area contributed by atoms with E-state index in [0.29, 0.717) is 16.8 Å². The SMILES string of the molecule is CC1=C(C#N)[C@@H](c2ccc(C#N)cc2)n2nc(NCC(=O)O)nc2N1c1cccc(C(F)(F)F)c1. The third-order valence-corrected chi connectivity index (χ3v) is 5.36. The van der Waals surface area contributed by atoms with E-state index in [1.165, 1.54) is 21.7 Å². The van der Waals surface area contributed by atoms with Crippen molar-refractivity contribution < 1.29 is 23.1 Å². The Labute approximate surface area is 197 Å². The molecule has 12 heteroatoms. The highest BCUT2D eigenvalue weighted by atomic mass is 19.4. The van der Waals surface area contributed by atoms with Crippen LogP contribution in [0.1, 0.15) is 29.7 Å². The van der Waals surface area contributed by atoms with Gasteiger partial charge in [0.2, 0.25) is 11.9 Å². The highest BCUT2D eigenvalue weighted by Gasteiger charge is 2.37. The van der Waals surface area contributed by atoms with Gasteiger partial charge in [-0.3, -0.25) is 9.69 Å². The van der Waals surface area contributed by atoms with Crippen molar-refractivity contribution >= 4 is 23.6 Å². The first kappa shape index (κ1) is 23.3. The van der Waals surface area contributed by atoms with Gasteiger partial charge in [-0.05, 0) is 42.8 Å². The number of carboxylic acid groups (broad SMARTS) is 1. The Morgan fingerprint density at radius 1 is 1.17 bits per heavy atom. The third-order valence-electron chi connectivity index (χ3n) is 5.36. The summed E-state index contributed by atoms with van der Waals surface area (Å²) in [6, 6.07) is 14.3. The smallest absolute Gasteiger partial charge is 0.416 e. The summed E-state index contributed by atoms with van der Waals surface area (Å²) in [4.78, 5) is 16.7. The van der Waals surface area contributed by atoms with Crippen LogP contribution in [0.15, 0.2) is 59.8 Å². The lowest BCUT2D eigenvalue weighted by atomic mass is 9.95. The Morgan fingerprint density at radius 3 is 2.49 bits per heavy atom. The normalized spacial score (nSPS) is 15.3. The van der Waals surface area contributed by atoms with Gasteiger partial charge in [0.1, 0.15) is 12.6 Å². The van der Waals surface area contributed by atoms with E-state index in [1.54, 1.807) is 31.2 Å². The summed E-state index contributed by atoms with van der Waals surface area (Å²) in [5.41, 5.74) is 0.712. The molecule has 4 rings (SSSR count). The number of nitrogens with zero attached hydrogens (tertiary/aromatic N) is 6. The molecule has 0 spiro atoms. The molecule has 2 N–H and O–H groups in total. The molecule has 0 unspecified atom stereocenters. The van der Waals surface area contributed by atoms with Crippen LogP contribution in [0.2, 0.25) is 0 Å². The molecular formula is C23H16F3N7O2. The Bertz CT molecular complexity index is 1410. The Hall–Kier alpha value is -4.84. The lowest BCUT2D eigenvalue weighted by molar-refractivity contribution is -0.137. The van der Waals surface area contributed by atoms with Crippen molar-refractivity contribution in [2.24, 2.45) is 0 Å². The van der Waals surface area contributed by atoms with Gasteiger partial charge in [-0.1, -0.05) is 18.2 Å². The van der Waals surface area contributed by atoms with Crippen molar-refractivity contribution in [3.05, 3.63) is 76.5 Å². The Balaban J connectivity index is 1.92. The molecular weight excluding hydrogens is 463 g/mol. The van der Waals surface area contributed by atoms with E-state index < -0.39 is 30.3 Å². The van der Waals surface area contributed by atoms with Gasteiger partial charge in [-0.15, -0.1) is 5.10 Å². The minimum absolute atomic E-state index is 0.0787. The van der Waals surface area contributed by atoms with Gasteiger partial charge in [0.15, 0.2) is 0 Å². The zero-order valence-corrected chi connectivity index (χ0v) is 18.1. The number of nitrogens with one attached hydrogen (secondary N) is 1. The van der Waals surface area contributed by atoms with Crippen LogP contribution in [0.25, 0.3) is 0 Å². The molecule has 0 saturated carbocycles. The largest absolute Gasteiger partial charge is 0.480 e. The molecule has 0 radical (unpaired) electrons. The van der Waals surface area contributed by atoms with Gasteiger partial charge >= 0.3 is 12.1 Å². The summed E-state index contributed by atoms with van der Waals surface area (Å²) >= 11 is 0. The Kier molecular flexibility index (Phi) is 5.89. The van der Waals surface area contributed by atoms with Gasteiger partial charge in [-0.2, -0.15) is 28.7 Å². The van der Waals surface area contributed by atoms with Crippen molar-refractivity contribution in [3.63, 3.8) is 0 Å². The maximum Gasteiger partial charge on any atom is 0.416 e. The summed E-state index contributed by atoms with van der Waals surface area (Å²) in [6.45, 7) is 1.09. The van der Waals surface area contributed by atoms with E-state index in [2.05, 4.69) is 21.5 Å². The molecule has 0 aliphatic carbocycles. The number of fused-ring (bicyclic) bond motifs is 1. The number of carboxylic acids is 1. The number of anilines is 3. The third kappa shape index (κ3) is 4.37. The molecule has 0 saturated heterocycles. The molecule has 0 fully saturated rings. The van der Waals surface area contributed by atoms with Crippen LogP contribution < -0.4 is 10.2 Å². The maximum absolute atomic E-state index is 13.4. The van der Waals surface area contributed by atoms with E-state index >= 15 is 0 Å². The van der Waals surface area contributed by atoms with Crippen LogP contribution in [-0.2, 0) is 11.0 Å². The van der Waals surface area contributed by atoms with E-state index in [9.17, 15) is 23.2 Å². The number of alkyl halides is 3. The minimum Gasteiger partial charge on any atom is -0.480 e. The van der Waals surface area contributed by atoms with Crippen molar-refractivity contribution in [2.75, 3.05) is 16.8 Å². The monoisotopic (exact) mass is 479 g/mol. The number of carbonyl (C=O) groups is 1. The Morgan fingerprint density at radius 2 is 1.89 bits per heavy atom. The number of aliphatic carboxylic acids is 1. The number of hydrogen-bond acceptors (Lipinski definition) is 7. The molecule has 9 nitrogen and oxygen atoms in total. The lowest BCUT2D eigenvalue weighted by Gasteiger charge is -2.34. The van der Waals surface area contributed by atoms with Crippen LogP contribution in [0, 0.1) is 22.7 Å². The number of nitriles is 2. The molecule has 1 atom stereocenters. The molecule has 2 heterocycles. The van der Waals surface area contributed by atoms with Crippen molar-refractivity contribution in [1.29, 1.82) is 10.5 Å². The van der Waals surface area contributed by atoms with Crippen LogP contribution in [0.4, 0.5) is 30.8 Å². The summed E-state index contributed by atoms with van der Waals surface area (Å²) in [6.07, 6.45) is -4.59. The fourth-order valence-electron chi connectivity index (χ4n) is 3.78. The maximum atomic E-state index is 13.4. The first-order chi connectivity index (χ1) is 16.6. The topological polar surface area (TPSA) is 131 Å². The highest BCUT2D eigenvalue weighted by Crippen LogP contribution is 2.43. The predicted molar refractivity (Wildman–Crippen MR) is 117 cm³/mol. The molecule has 176 valence electrons. The van der Waals surface area contributed by atoms with Crippen molar-refractivity contribution in [1.82, 2.24) is 14.8 Å². The van der Waals surface area contributed by atoms with E-state index in [1.807, 2.05) is 6.07 Å². The fourth-order valence-corrected chi connectivity index (χ4v) is 3.78. The summed E-state index contributed by atoms with van der Waals surface area (Å²) in [7, 11) is 0. The predicted octanol–water partition coefficient (Wildman–Crippen LogP) is 4.20. The summed E-state index contributed by atoms with van der Waals surface area (Å²) in [5.74, 6) is -1.16. The van der Waals surface area contributed by atoms with Gasteiger partial charge in [0, 0.05) is 11.4 Å².